The Balaban J connectivity index is 2.38. The molecule has 0 nitrogen and oxygen atoms in total. The van der Waals surface area contributed by atoms with E-state index in [-0.39, 0.29) is 0 Å². The predicted octanol–water partition coefficient (Wildman–Crippen LogP) is 4.49. The quantitative estimate of drug-likeness (QED) is 0.525. The maximum absolute atomic E-state index is 2.34. The van der Waals surface area contributed by atoms with E-state index in [1.54, 1.807) is 0 Å². The van der Waals surface area contributed by atoms with Gasteiger partial charge in [0, 0.05) is 0 Å². The smallest absolute Gasteiger partial charge is 0.00107 e. The Morgan fingerprint density at radius 1 is 0.882 bits per heavy atom. The minimum absolute atomic E-state index is 1.11. The average molecular weight is 222 g/mol. The molecular formula is C17H18. The number of aryl methyl sites for hydroxylation is 3. The molecule has 0 amide bonds. The summed E-state index contributed by atoms with van der Waals surface area (Å²) >= 11 is 0. The lowest BCUT2D eigenvalue weighted by molar-refractivity contribution is 1.19. The molecule has 1 aliphatic rings. The van der Waals surface area contributed by atoms with Crippen LogP contribution in [0.4, 0.5) is 0 Å². The maximum Gasteiger partial charge on any atom is -0.00107 e. The van der Waals surface area contributed by atoms with Crippen molar-refractivity contribution in [2.45, 2.75) is 34.1 Å². The molecule has 0 saturated carbocycles. The third kappa shape index (κ3) is 1.44. The van der Waals surface area contributed by atoms with E-state index >= 15 is 0 Å². The van der Waals surface area contributed by atoms with Gasteiger partial charge in [-0.05, 0) is 73.1 Å². The summed E-state index contributed by atoms with van der Waals surface area (Å²) in [6.07, 6.45) is 1.11. The minimum atomic E-state index is 1.11. The molecule has 0 saturated heterocycles. The first-order chi connectivity index (χ1) is 8.08. The van der Waals surface area contributed by atoms with Gasteiger partial charge in [0.1, 0.15) is 0 Å². The number of hydrogen-bond acceptors (Lipinski definition) is 0. The normalized spacial score (nSPS) is 12.5. The van der Waals surface area contributed by atoms with Gasteiger partial charge in [0.15, 0.2) is 0 Å². The second-order valence-corrected chi connectivity index (χ2v) is 5.33. The summed E-state index contributed by atoms with van der Waals surface area (Å²) < 4.78 is 0. The summed E-state index contributed by atoms with van der Waals surface area (Å²) in [4.78, 5) is 0. The molecular weight excluding hydrogens is 204 g/mol. The van der Waals surface area contributed by atoms with Crippen LogP contribution in [0.2, 0.25) is 0 Å². The average Bonchev–Trinajstić information content (AvgIpc) is 2.65. The fourth-order valence-corrected chi connectivity index (χ4v) is 3.00. The second kappa shape index (κ2) is 3.46. The lowest BCUT2D eigenvalue weighted by Gasteiger charge is -2.12. The van der Waals surface area contributed by atoms with Gasteiger partial charge in [-0.2, -0.15) is 0 Å². The van der Waals surface area contributed by atoms with Crippen LogP contribution in [0.3, 0.4) is 0 Å². The largest absolute Gasteiger partial charge is 0.0590 e. The summed E-state index contributed by atoms with van der Waals surface area (Å²) in [5.41, 5.74) is 11.7. The standard InChI is InChI=1S/C17H18/c1-10-5-6-14-9-15-12(3)8-11(2)13(4)17(15)16(14)7-10/h5-8H,9H2,1-4H3. The number of benzene rings is 2. The van der Waals surface area contributed by atoms with E-state index in [0.717, 1.165) is 6.42 Å². The first-order valence-electron chi connectivity index (χ1n) is 6.27. The van der Waals surface area contributed by atoms with Crippen LogP contribution in [0.25, 0.3) is 11.1 Å². The molecule has 0 heterocycles. The van der Waals surface area contributed by atoms with Gasteiger partial charge in [-0.15, -0.1) is 0 Å². The summed E-state index contributed by atoms with van der Waals surface area (Å²) in [6, 6.07) is 9.18. The van der Waals surface area contributed by atoms with E-state index in [2.05, 4.69) is 52.0 Å². The molecule has 3 rings (SSSR count). The SMILES string of the molecule is Cc1ccc2c(c1)-c1c(C)c(C)cc(C)c1C2. The van der Waals surface area contributed by atoms with Crippen molar-refractivity contribution in [1.82, 2.24) is 0 Å². The van der Waals surface area contributed by atoms with Gasteiger partial charge in [0.2, 0.25) is 0 Å². The van der Waals surface area contributed by atoms with Gasteiger partial charge in [-0.25, -0.2) is 0 Å². The molecule has 0 spiro atoms. The molecule has 0 fully saturated rings. The Bertz CT molecular complexity index is 618. The van der Waals surface area contributed by atoms with E-state index < -0.39 is 0 Å². The molecule has 0 radical (unpaired) electrons. The number of fused-ring (bicyclic) bond motifs is 3. The Hall–Kier alpha value is -1.56. The Morgan fingerprint density at radius 3 is 2.41 bits per heavy atom. The molecule has 17 heavy (non-hydrogen) atoms. The second-order valence-electron chi connectivity index (χ2n) is 5.33. The van der Waals surface area contributed by atoms with Crippen molar-refractivity contribution in [3.05, 3.63) is 57.6 Å². The summed E-state index contributed by atoms with van der Waals surface area (Å²) in [6.45, 7) is 8.89. The van der Waals surface area contributed by atoms with E-state index in [9.17, 15) is 0 Å². The fraction of sp³-hybridized carbons (Fsp3) is 0.294. The molecule has 2 aromatic carbocycles. The van der Waals surface area contributed by atoms with Crippen LogP contribution in [-0.4, -0.2) is 0 Å². The lowest BCUT2D eigenvalue weighted by Crippen LogP contribution is -1.92. The van der Waals surface area contributed by atoms with Crippen LogP contribution in [0.5, 0.6) is 0 Å². The van der Waals surface area contributed by atoms with Crippen molar-refractivity contribution in [1.29, 1.82) is 0 Å². The van der Waals surface area contributed by atoms with Crippen LogP contribution >= 0.6 is 0 Å². The first-order valence-corrected chi connectivity index (χ1v) is 6.27. The van der Waals surface area contributed by atoms with E-state index in [1.807, 2.05) is 0 Å². The highest BCUT2D eigenvalue weighted by Gasteiger charge is 2.22. The lowest BCUT2D eigenvalue weighted by atomic mass is 9.93. The van der Waals surface area contributed by atoms with Gasteiger partial charge in [0.25, 0.3) is 0 Å². The zero-order valence-electron chi connectivity index (χ0n) is 11.0. The van der Waals surface area contributed by atoms with E-state index in [0.29, 0.717) is 0 Å². The molecule has 2 aromatic rings. The minimum Gasteiger partial charge on any atom is -0.0590 e. The van der Waals surface area contributed by atoms with Crippen LogP contribution in [0.15, 0.2) is 24.3 Å². The highest BCUT2D eigenvalue weighted by atomic mass is 14.3. The highest BCUT2D eigenvalue weighted by Crippen LogP contribution is 2.41. The monoisotopic (exact) mass is 222 g/mol. The molecule has 0 unspecified atom stereocenters. The van der Waals surface area contributed by atoms with Crippen molar-refractivity contribution in [3.63, 3.8) is 0 Å². The highest BCUT2D eigenvalue weighted by molar-refractivity contribution is 5.81. The van der Waals surface area contributed by atoms with E-state index in [4.69, 9.17) is 0 Å². The number of rotatable bonds is 0. The molecule has 0 heteroatoms. The molecule has 0 bridgehead atoms. The third-order valence-electron chi connectivity index (χ3n) is 4.08. The molecule has 0 aliphatic heterocycles. The van der Waals surface area contributed by atoms with Gasteiger partial charge in [-0.1, -0.05) is 29.8 Å². The van der Waals surface area contributed by atoms with Crippen molar-refractivity contribution < 1.29 is 0 Å². The molecule has 0 atom stereocenters. The van der Waals surface area contributed by atoms with Crippen molar-refractivity contribution in [3.8, 4) is 11.1 Å². The van der Waals surface area contributed by atoms with Crippen LogP contribution in [-0.2, 0) is 6.42 Å². The Labute approximate surface area is 103 Å². The summed E-state index contributed by atoms with van der Waals surface area (Å²) in [5, 5.41) is 0. The van der Waals surface area contributed by atoms with Gasteiger partial charge < -0.3 is 0 Å². The molecule has 0 N–H and O–H groups in total. The van der Waals surface area contributed by atoms with Crippen molar-refractivity contribution in [2.75, 3.05) is 0 Å². The maximum atomic E-state index is 2.34. The van der Waals surface area contributed by atoms with Gasteiger partial charge in [0.05, 0.1) is 0 Å². The predicted molar refractivity (Wildman–Crippen MR) is 73.6 cm³/mol. The summed E-state index contributed by atoms with van der Waals surface area (Å²) in [5.74, 6) is 0. The van der Waals surface area contributed by atoms with Crippen molar-refractivity contribution >= 4 is 0 Å². The van der Waals surface area contributed by atoms with Crippen LogP contribution in [0.1, 0.15) is 33.4 Å². The zero-order valence-corrected chi connectivity index (χ0v) is 11.0. The Morgan fingerprint density at radius 2 is 1.65 bits per heavy atom. The topological polar surface area (TPSA) is 0 Å². The Kier molecular flexibility index (Phi) is 2.16. The van der Waals surface area contributed by atoms with Crippen LogP contribution in [0, 0.1) is 27.7 Å². The molecule has 0 aromatic heterocycles. The number of hydrogen-bond donors (Lipinski definition) is 0. The summed E-state index contributed by atoms with van der Waals surface area (Å²) in [7, 11) is 0. The van der Waals surface area contributed by atoms with E-state index in [1.165, 1.54) is 44.5 Å². The molecule has 86 valence electrons. The fourth-order valence-electron chi connectivity index (χ4n) is 3.00. The first kappa shape index (κ1) is 10.6. The third-order valence-corrected chi connectivity index (χ3v) is 4.08. The molecule has 1 aliphatic carbocycles. The van der Waals surface area contributed by atoms with Gasteiger partial charge in [-0.3, -0.25) is 0 Å². The van der Waals surface area contributed by atoms with Gasteiger partial charge >= 0.3 is 0 Å². The van der Waals surface area contributed by atoms with Crippen LogP contribution < -0.4 is 0 Å². The van der Waals surface area contributed by atoms with Crippen molar-refractivity contribution in [2.24, 2.45) is 0 Å². The zero-order chi connectivity index (χ0) is 12.2.